The van der Waals surface area contributed by atoms with Gasteiger partial charge in [0.05, 0.1) is 5.56 Å². The van der Waals surface area contributed by atoms with Crippen LogP contribution in [0.1, 0.15) is 39.3 Å². The number of rotatable bonds is 6. The van der Waals surface area contributed by atoms with Crippen molar-refractivity contribution in [2.45, 2.75) is 13.0 Å². The molecule has 0 aliphatic carbocycles. The van der Waals surface area contributed by atoms with Crippen LogP contribution in [0.2, 0.25) is 5.15 Å². The van der Waals surface area contributed by atoms with Gasteiger partial charge in [-0.05, 0) is 31.2 Å². The van der Waals surface area contributed by atoms with Crippen molar-refractivity contribution < 1.29 is 19.1 Å². The molecular formula is C22H17ClN2O4. The van der Waals surface area contributed by atoms with E-state index >= 15 is 0 Å². The Balaban J connectivity index is 1.84. The molecule has 0 aliphatic rings. The van der Waals surface area contributed by atoms with Crippen LogP contribution >= 0.6 is 11.6 Å². The van der Waals surface area contributed by atoms with E-state index in [-0.39, 0.29) is 16.5 Å². The van der Waals surface area contributed by atoms with Gasteiger partial charge in [-0.3, -0.25) is 9.59 Å². The molecule has 0 bridgehead atoms. The number of hydrogen-bond acceptors (Lipinski definition) is 5. The molecule has 0 fully saturated rings. The highest BCUT2D eigenvalue weighted by Gasteiger charge is 2.26. The van der Waals surface area contributed by atoms with Crippen molar-refractivity contribution >= 4 is 34.9 Å². The van der Waals surface area contributed by atoms with Crippen LogP contribution in [0.25, 0.3) is 0 Å². The Morgan fingerprint density at radius 2 is 1.72 bits per heavy atom. The molecule has 0 saturated carbocycles. The number of anilines is 1. The number of pyridine rings is 1. The number of ketones is 1. The van der Waals surface area contributed by atoms with E-state index < -0.39 is 18.0 Å². The Bertz CT molecular complexity index is 1040. The summed E-state index contributed by atoms with van der Waals surface area (Å²) in [5.74, 6) is -1.38. The van der Waals surface area contributed by atoms with Gasteiger partial charge in [-0.25, -0.2) is 9.78 Å². The molecule has 3 rings (SSSR count). The van der Waals surface area contributed by atoms with Crippen molar-refractivity contribution in [1.29, 1.82) is 0 Å². The first-order valence-electron chi connectivity index (χ1n) is 8.73. The summed E-state index contributed by atoms with van der Waals surface area (Å²) in [4.78, 5) is 40.8. The maximum Gasteiger partial charge on any atom is 0.340 e. The van der Waals surface area contributed by atoms with Gasteiger partial charge in [0, 0.05) is 23.0 Å². The summed E-state index contributed by atoms with van der Waals surface area (Å²) in [7, 11) is 0. The van der Waals surface area contributed by atoms with Crippen molar-refractivity contribution in [3.8, 4) is 0 Å². The van der Waals surface area contributed by atoms with Gasteiger partial charge in [0.25, 0.3) is 5.91 Å². The third-order valence-electron chi connectivity index (χ3n) is 4.07. The van der Waals surface area contributed by atoms with Gasteiger partial charge < -0.3 is 10.1 Å². The normalized spacial score (nSPS) is 11.4. The standard InChI is InChI=1S/C22H17ClN2O4/c1-14(26)16-8-5-9-18(12-16)25-21(27)20(15-6-3-2-4-7-15)29-22(28)17-10-11-19(23)24-13-17/h2-13,20H,1H3,(H,25,27)/t20-/m0/s1. The van der Waals surface area contributed by atoms with E-state index in [4.69, 9.17) is 16.3 Å². The number of amides is 1. The van der Waals surface area contributed by atoms with Gasteiger partial charge in [0.1, 0.15) is 5.15 Å². The number of nitrogens with one attached hydrogen (secondary N) is 1. The molecule has 0 aliphatic heterocycles. The number of aromatic nitrogens is 1. The van der Waals surface area contributed by atoms with E-state index in [0.29, 0.717) is 16.8 Å². The first kappa shape index (κ1) is 20.2. The lowest BCUT2D eigenvalue weighted by molar-refractivity contribution is -0.125. The summed E-state index contributed by atoms with van der Waals surface area (Å²) >= 11 is 5.74. The van der Waals surface area contributed by atoms with Crippen molar-refractivity contribution in [1.82, 2.24) is 4.98 Å². The average molecular weight is 409 g/mol. The molecule has 7 heteroatoms. The zero-order valence-electron chi connectivity index (χ0n) is 15.5. The first-order chi connectivity index (χ1) is 13.9. The lowest BCUT2D eigenvalue weighted by Gasteiger charge is -2.18. The summed E-state index contributed by atoms with van der Waals surface area (Å²) in [6, 6.07) is 18.1. The molecule has 0 saturated heterocycles. The smallest absolute Gasteiger partial charge is 0.340 e. The van der Waals surface area contributed by atoms with Crippen molar-refractivity contribution in [3.63, 3.8) is 0 Å². The van der Waals surface area contributed by atoms with Crippen LogP contribution in [-0.2, 0) is 9.53 Å². The molecule has 1 N–H and O–H groups in total. The maximum atomic E-state index is 12.9. The van der Waals surface area contributed by atoms with Crippen LogP contribution in [0.15, 0.2) is 72.9 Å². The summed E-state index contributed by atoms with van der Waals surface area (Å²) in [5, 5.41) is 2.94. The zero-order valence-corrected chi connectivity index (χ0v) is 16.2. The molecule has 0 radical (unpaired) electrons. The summed E-state index contributed by atoms with van der Waals surface area (Å²) in [6.45, 7) is 1.44. The number of benzene rings is 2. The van der Waals surface area contributed by atoms with Crippen LogP contribution in [0, 0.1) is 0 Å². The number of esters is 1. The minimum Gasteiger partial charge on any atom is -0.444 e. The van der Waals surface area contributed by atoms with Gasteiger partial charge in [-0.2, -0.15) is 0 Å². The molecular weight excluding hydrogens is 392 g/mol. The molecule has 146 valence electrons. The number of carbonyl (C=O) groups excluding carboxylic acids is 3. The number of carbonyl (C=O) groups is 3. The largest absolute Gasteiger partial charge is 0.444 e. The summed E-state index contributed by atoms with van der Waals surface area (Å²) < 4.78 is 5.47. The second-order valence-electron chi connectivity index (χ2n) is 6.19. The van der Waals surface area contributed by atoms with E-state index in [1.54, 1.807) is 54.6 Å². The molecule has 0 unspecified atom stereocenters. The molecule has 1 amide bonds. The quantitative estimate of drug-likeness (QED) is 0.369. The van der Waals surface area contributed by atoms with Gasteiger partial charge in [0.2, 0.25) is 6.10 Å². The van der Waals surface area contributed by atoms with E-state index in [2.05, 4.69) is 10.3 Å². The van der Waals surface area contributed by atoms with Crippen LogP contribution in [0.4, 0.5) is 5.69 Å². The van der Waals surface area contributed by atoms with Gasteiger partial charge in [-0.15, -0.1) is 0 Å². The minimum absolute atomic E-state index is 0.123. The van der Waals surface area contributed by atoms with Crippen LogP contribution < -0.4 is 5.32 Å². The minimum atomic E-state index is -1.19. The number of nitrogens with zero attached hydrogens (tertiary/aromatic N) is 1. The molecule has 2 aromatic carbocycles. The van der Waals surface area contributed by atoms with Gasteiger partial charge in [0.15, 0.2) is 5.78 Å². The molecule has 3 aromatic rings. The molecule has 1 aromatic heterocycles. The van der Waals surface area contributed by atoms with Crippen molar-refractivity contribution in [3.05, 3.63) is 94.8 Å². The summed E-state index contributed by atoms with van der Waals surface area (Å²) in [5.41, 5.74) is 1.56. The molecule has 29 heavy (non-hydrogen) atoms. The highest BCUT2D eigenvalue weighted by molar-refractivity contribution is 6.29. The van der Waals surface area contributed by atoms with Crippen molar-refractivity contribution in [2.75, 3.05) is 5.32 Å². The van der Waals surface area contributed by atoms with Crippen molar-refractivity contribution in [2.24, 2.45) is 0 Å². The van der Waals surface area contributed by atoms with Gasteiger partial charge in [-0.1, -0.05) is 54.1 Å². The molecule has 1 heterocycles. The lowest BCUT2D eigenvalue weighted by atomic mass is 10.1. The van der Waals surface area contributed by atoms with Crippen LogP contribution in [-0.4, -0.2) is 22.6 Å². The maximum absolute atomic E-state index is 12.9. The van der Waals surface area contributed by atoms with E-state index in [1.165, 1.54) is 25.3 Å². The Hall–Kier alpha value is -3.51. The third kappa shape index (κ3) is 5.27. The van der Waals surface area contributed by atoms with E-state index in [1.807, 2.05) is 0 Å². The van der Waals surface area contributed by atoms with E-state index in [9.17, 15) is 14.4 Å². The molecule has 1 atom stereocenters. The Morgan fingerprint density at radius 3 is 2.38 bits per heavy atom. The predicted molar refractivity (Wildman–Crippen MR) is 109 cm³/mol. The number of Topliss-reactive ketones (excluding diaryl/α,β-unsaturated/α-hetero) is 1. The fourth-order valence-electron chi connectivity index (χ4n) is 2.60. The monoisotopic (exact) mass is 408 g/mol. The number of hydrogen-bond donors (Lipinski definition) is 1. The second kappa shape index (κ2) is 9.12. The summed E-state index contributed by atoms with van der Waals surface area (Å²) in [6.07, 6.45) is 0.0846. The SMILES string of the molecule is CC(=O)c1cccc(NC(=O)[C@@H](OC(=O)c2ccc(Cl)nc2)c2ccccc2)c1. The highest BCUT2D eigenvalue weighted by atomic mass is 35.5. The fourth-order valence-corrected chi connectivity index (χ4v) is 2.71. The predicted octanol–water partition coefficient (Wildman–Crippen LogP) is 4.47. The molecule has 6 nitrogen and oxygen atoms in total. The zero-order chi connectivity index (χ0) is 20.8. The number of halogens is 1. The van der Waals surface area contributed by atoms with E-state index in [0.717, 1.165) is 0 Å². The lowest BCUT2D eigenvalue weighted by Crippen LogP contribution is -2.26. The Labute approximate surface area is 172 Å². The van der Waals surface area contributed by atoms with Gasteiger partial charge >= 0.3 is 5.97 Å². The second-order valence-corrected chi connectivity index (χ2v) is 6.58. The molecule has 0 spiro atoms. The Morgan fingerprint density at radius 1 is 0.966 bits per heavy atom. The fraction of sp³-hybridized carbons (Fsp3) is 0.0909. The average Bonchev–Trinajstić information content (AvgIpc) is 2.73. The first-order valence-corrected chi connectivity index (χ1v) is 9.11. The van der Waals surface area contributed by atoms with Crippen LogP contribution in [0.5, 0.6) is 0 Å². The van der Waals surface area contributed by atoms with Crippen LogP contribution in [0.3, 0.4) is 0 Å². The highest BCUT2D eigenvalue weighted by Crippen LogP contribution is 2.22. The number of ether oxygens (including phenoxy) is 1. The topological polar surface area (TPSA) is 85.4 Å². The third-order valence-corrected chi connectivity index (χ3v) is 4.29. The Kier molecular flexibility index (Phi) is 6.36.